The summed E-state index contributed by atoms with van der Waals surface area (Å²) in [7, 11) is 0. The van der Waals surface area contributed by atoms with Crippen molar-refractivity contribution in [2.24, 2.45) is 5.41 Å². The molecule has 0 atom stereocenters. The normalized spacial score (nSPS) is 20.8. The minimum Gasteiger partial charge on any atom is -0.379 e. The molecule has 2 heterocycles. The van der Waals surface area contributed by atoms with Gasteiger partial charge in [-0.25, -0.2) is 0 Å². The monoisotopic (exact) mass is 350 g/mol. The molecule has 0 aromatic heterocycles. The Balaban J connectivity index is 1.65. The zero-order valence-electron chi connectivity index (χ0n) is 14.0. The van der Waals surface area contributed by atoms with Crippen molar-refractivity contribution in [1.82, 2.24) is 9.80 Å². The highest BCUT2D eigenvalue weighted by Gasteiger charge is 2.39. The molecule has 130 valence electrons. The number of hydrogen-bond donors (Lipinski definition) is 0. The highest BCUT2D eigenvalue weighted by molar-refractivity contribution is 6.30. The van der Waals surface area contributed by atoms with Gasteiger partial charge in [-0.05, 0) is 37.1 Å². The number of ether oxygens (including phenoxy) is 1. The Kier molecular flexibility index (Phi) is 5.11. The fourth-order valence-electron chi connectivity index (χ4n) is 3.52. The number of rotatable bonds is 1. The molecule has 2 fully saturated rings. The van der Waals surface area contributed by atoms with Crippen LogP contribution in [0.25, 0.3) is 0 Å². The molecular weight excluding hydrogens is 328 g/mol. The van der Waals surface area contributed by atoms with Crippen LogP contribution in [0, 0.1) is 5.41 Å². The zero-order chi connectivity index (χ0) is 17.2. The molecule has 2 aliphatic rings. The number of benzene rings is 1. The number of nitrogens with zero attached hydrogens (tertiary/aromatic N) is 2. The summed E-state index contributed by atoms with van der Waals surface area (Å²) in [6.07, 6.45) is 1.71. The number of carbonyl (C=O) groups excluding carboxylic acids is 2. The molecule has 2 amide bonds. The second-order valence-electron chi connectivity index (χ2n) is 6.79. The van der Waals surface area contributed by atoms with E-state index < -0.39 is 0 Å². The van der Waals surface area contributed by atoms with E-state index in [1.165, 1.54) is 0 Å². The third-order valence-electron chi connectivity index (χ3n) is 5.09. The minimum atomic E-state index is -0.0288. The van der Waals surface area contributed by atoms with Crippen LogP contribution >= 0.6 is 11.6 Å². The van der Waals surface area contributed by atoms with Gasteiger partial charge in [0.1, 0.15) is 0 Å². The van der Waals surface area contributed by atoms with Crippen LogP contribution in [-0.2, 0) is 9.53 Å². The quantitative estimate of drug-likeness (QED) is 0.781. The summed E-state index contributed by atoms with van der Waals surface area (Å²) in [6.45, 7) is 5.63. The van der Waals surface area contributed by atoms with E-state index in [0.717, 1.165) is 19.4 Å². The number of amides is 2. The van der Waals surface area contributed by atoms with E-state index in [1.807, 2.05) is 9.80 Å². The van der Waals surface area contributed by atoms with Gasteiger partial charge in [0.25, 0.3) is 5.91 Å². The van der Waals surface area contributed by atoms with E-state index in [9.17, 15) is 9.59 Å². The van der Waals surface area contributed by atoms with Gasteiger partial charge in [0, 0.05) is 49.1 Å². The number of carbonyl (C=O) groups is 2. The van der Waals surface area contributed by atoms with Gasteiger partial charge in [-0.15, -0.1) is 0 Å². The Morgan fingerprint density at radius 3 is 2.38 bits per heavy atom. The van der Waals surface area contributed by atoms with Crippen LogP contribution in [0.5, 0.6) is 0 Å². The summed E-state index contributed by atoms with van der Waals surface area (Å²) in [4.78, 5) is 28.1. The molecule has 0 unspecified atom stereocenters. The highest BCUT2D eigenvalue weighted by Crippen LogP contribution is 2.34. The van der Waals surface area contributed by atoms with Crippen molar-refractivity contribution in [1.29, 1.82) is 0 Å². The largest absolute Gasteiger partial charge is 0.379 e. The van der Waals surface area contributed by atoms with Gasteiger partial charge in [0.15, 0.2) is 0 Å². The second kappa shape index (κ2) is 7.11. The molecule has 6 heteroatoms. The molecule has 0 saturated carbocycles. The Morgan fingerprint density at radius 1 is 1.08 bits per heavy atom. The lowest BCUT2D eigenvalue weighted by Gasteiger charge is -2.42. The molecule has 2 aliphatic heterocycles. The molecule has 3 rings (SSSR count). The fourth-order valence-corrected chi connectivity index (χ4v) is 3.65. The summed E-state index contributed by atoms with van der Waals surface area (Å²) in [6, 6.07) is 7.01. The van der Waals surface area contributed by atoms with Gasteiger partial charge in [0.2, 0.25) is 5.91 Å². The average Bonchev–Trinajstić information content (AvgIpc) is 2.79. The van der Waals surface area contributed by atoms with Crippen LogP contribution in [0.4, 0.5) is 0 Å². The van der Waals surface area contributed by atoms with Crippen molar-refractivity contribution >= 4 is 23.4 Å². The summed E-state index contributed by atoms with van der Waals surface area (Å²) < 4.78 is 5.75. The van der Waals surface area contributed by atoms with Crippen LogP contribution in [0.1, 0.15) is 30.1 Å². The summed E-state index contributed by atoms with van der Waals surface area (Å²) in [5.41, 5.74) is 0.636. The third kappa shape index (κ3) is 3.73. The van der Waals surface area contributed by atoms with Gasteiger partial charge in [-0.3, -0.25) is 9.59 Å². The predicted molar refractivity (Wildman–Crippen MR) is 92.1 cm³/mol. The zero-order valence-corrected chi connectivity index (χ0v) is 14.7. The van der Waals surface area contributed by atoms with Crippen molar-refractivity contribution in [3.63, 3.8) is 0 Å². The van der Waals surface area contributed by atoms with Crippen LogP contribution in [0.2, 0.25) is 5.02 Å². The first-order chi connectivity index (χ1) is 11.5. The van der Waals surface area contributed by atoms with E-state index in [2.05, 4.69) is 0 Å². The van der Waals surface area contributed by atoms with Crippen molar-refractivity contribution in [2.75, 3.05) is 39.4 Å². The van der Waals surface area contributed by atoms with Crippen molar-refractivity contribution < 1.29 is 14.3 Å². The number of hydrogen-bond acceptors (Lipinski definition) is 3. The molecular formula is C18H23ClN2O3. The van der Waals surface area contributed by atoms with Crippen molar-refractivity contribution in [2.45, 2.75) is 19.8 Å². The van der Waals surface area contributed by atoms with Gasteiger partial charge >= 0.3 is 0 Å². The lowest BCUT2D eigenvalue weighted by molar-refractivity contribution is -0.130. The SMILES string of the molecule is CC(=O)N1CCOCC2(CCN(C(=O)c3ccc(Cl)cc3)CC2)C1. The van der Waals surface area contributed by atoms with Crippen LogP contribution in [-0.4, -0.2) is 61.0 Å². The molecule has 2 saturated heterocycles. The first-order valence-electron chi connectivity index (χ1n) is 8.37. The molecule has 0 N–H and O–H groups in total. The van der Waals surface area contributed by atoms with E-state index >= 15 is 0 Å². The van der Waals surface area contributed by atoms with Gasteiger partial charge < -0.3 is 14.5 Å². The number of halogens is 1. The predicted octanol–water partition coefficient (Wildman–Crippen LogP) is 2.44. The first kappa shape index (κ1) is 17.2. The standard InChI is InChI=1S/C18H23ClN2O3/c1-14(22)21-10-11-24-13-18(12-21)6-8-20(9-7-18)17(23)15-2-4-16(19)5-3-15/h2-5H,6-13H2,1H3. The lowest BCUT2D eigenvalue weighted by atomic mass is 9.78. The van der Waals surface area contributed by atoms with Gasteiger partial charge in [-0.2, -0.15) is 0 Å². The van der Waals surface area contributed by atoms with Crippen molar-refractivity contribution in [3.05, 3.63) is 34.9 Å². The molecule has 0 aliphatic carbocycles. The molecule has 24 heavy (non-hydrogen) atoms. The van der Waals surface area contributed by atoms with Crippen molar-refractivity contribution in [3.8, 4) is 0 Å². The fraction of sp³-hybridized carbons (Fsp3) is 0.556. The van der Waals surface area contributed by atoms with Crippen LogP contribution < -0.4 is 0 Å². The molecule has 1 spiro atoms. The Bertz CT molecular complexity index is 609. The summed E-state index contributed by atoms with van der Waals surface area (Å²) >= 11 is 5.88. The second-order valence-corrected chi connectivity index (χ2v) is 7.23. The minimum absolute atomic E-state index is 0.0288. The highest BCUT2D eigenvalue weighted by atomic mass is 35.5. The van der Waals surface area contributed by atoms with E-state index in [-0.39, 0.29) is 17.2 Å². The molecule has 5 nitrogen and oxygen atoms in total. The number of piperidine rings is 1. The van der Waals surface area contributed by atoms with E-state index in [4.69, 9.17) is 16.3 Å². The topological polar surface area (TPSA) is 49.9 Å². The Morgan fingerprint density at radius 2 is 1.75 bits per heavy atom. The maximum atomic E-state index is 12.6. The van der Waals surface area contributed by atoms with Crippen LogP contribution in [0.15, 0.2) is 24.3 Å². The number of likely N-dealkylation sites (tertiary alicyclic amines) is 1. The third-order valence-corrected chi connectivity index (χ3v) is 5.34. The first-order valence-corrected chi connectivity index (χ1v) is 8.75. The van der Waals surface area contributed by atoms with Crippen LogP contribution in [0.3, 0.4) is 0 Å². The van der Waals surface area contributed by atoms with E-state index in [0.29, 0.717) is 43.4 Å². The van der Waals surface area contributed by atoms with E-state index in [1.54, 1.807) is 31.2 Å². The maximum Gasteiger partial charge on any atom is 0.253 e. The van der Waals surface area contributed by atoms with Gasteiger partial charge in [-0.1, -0.05) is 11.6 Å². The lowest BCUT2D eigenvalue weighted by Crippen LogP contribution is -2.49. The smallest absolute Gasteiger partial charge is 0.253 e. The molecule has 1 aromatic rings. The van der Waals surface area contributed by atoms with Gasteiger partial charge in [0.05, 0.1) is 13.2 Å². The Hall–Kier alpha value is -1.59. The summed E-state index contributed by atoms with van der Waals surface area (Å²) in [5.74, 6) is 0.138. The average molecular weight is 351 g/mol. The maximum absolute atomic E-state index is 12.6. The summed E-state index contributed by atoms with van der Waals surface area (Å²) in [5, 5.41) is 0.629. The molecule has 1 aromatic carbocycles. The molecule has 0 radical (unpaired) electrons. The molecule has 0 bridgehead atoms. The Labute approximate surface area is 147 Å².